The van der Waals surface area contributed by atoms with E-state index in [-0.39, 0.29) is 0 Å². The summed E-state index contributed by atoms with van der Waals surface area (Å²) in [5, 5.41) is 6.13. The summed E-state index contributed by atoms with van der Waals surface area (Å²) in [4.78, 5) is 0. The molecule has 0 N–H and O–H groups in total. The average Bonchev–Trinajstić information content (AvgIpc) is 3.61. The van der Waals surface area contributed by atoms with Gasteiger partial charge in [0.2, 0.25) is 0 Å². The molecular weight excluding hydrogens is 428 g/mol. The molecule has 35 heavy (non-hydrogen) atoms. The van der Waals surface area contributed by atoms with E-state index in [0.717, 1.165) is 16.7 Å². The summed E-state index contributed by atoms with van der Waals surface area (Å²) in [5.41, 5.74) is 8.05. The van der Waals surface area contributed by atoms with E-state index >= 15 is 0 Å². The maximum Gasteiger partial charge on any atom is 0.134 e. The third kappa shape index (κ3) is 2.50. The van der Waals surface area contributed by atoms with Crippen molar-refractivity contribution < 1.29 is 4.42 Å². The van der Waals surface area contributed by atoms with Gasteiger partial charge in [0, 0.05) is 38.3 Å². The summed E-state index contributed by atoms with van der Waals surface area (Å²) in [7, 11) is 0. The van der Waals surface area contributed by atoms with Crippen molar-refractivity contribution in [2.24, 2.45) is 0 Å². The van der Waals surface area contributed by atoms with Crippen LogP contribution in [0.2, 0.25) is 0 Å². The quantitative estimate of drug-likeness (QED) is 0.259. The third-order valence-electron chi connectivity index (χ3n) is 7.20. The summed E-state index contributed by atoms with van der Waals surface area (Å²) in [6, 6.07) is 41.1. The highest BCUT2D eigenvalue weighted by molar-refractivity contribution is 6.20. The Hall–Kier alpha value is -4.76. The molecule has 0 unspecified atom stereocenters. The second kappa shape index (κ2) is 6.87. The highest BCUT2D eigenvalue weighted by Crippen LogP contribution is 2.39. The Labute approximate surface area is 201 Å². The van der Waals surface area contributed by atoms with Crippen LogP contribution in [0.4, 0.5) is 0 Å². The zero-order chi connectivity index (χ0) is 22.9. The second-order valence-electron chi connectivity index (χ2n) is 9.03. The molecule has 0 bridgehead atoms. The van der Waals surface area contributed by atoms with Crippen LogP contribution in [-0.2, 0) is 0 Å². The van der Waals surface area contributed by atoms with Crippen LogP contribution in [0, 0.1) is 0 Å². The van der Waals surface area contributed by atoms with Crippen LogP contribution in [0.15, 0.2) is 126 Å². The molecule has 3 aromatic heterocycles. The normalized spacial score (nSPS) is 12.0. The lowest BCUT2D eigenvalue weighted by Crippen LogP contribution is -1.95. The minimum Gasteiger partial charge on any atom is -0.464 e. The Morgan fingerprint density at radius 1 is 0.429 bits per heavy atom. The molecule has 3 heteroatoms. The molecule has 0 fully saturated rings. The lowest BCUT2D eigenvalue weighted by molar-refractivity contribution is 0.616. The van der Waals surface area contributed by atoms with E-state index in [9.17, 15) is 0 Å². The van der Waals surface area contributed by atoms with Crippen LogP contribution in [-0.4, -0.2) is 9.13 Å². The van der Waals surface area contributed by atoms with Gasteiger partial charge in [0.25, 0.3) is 0 Å². The number of hydrogen-bond donors (Lipinski definition) is 0. The Morgan fingerprint density at radius 2 is 1.09 bits per heavy atom. The van der Waals surface area contributed by atoms with Gasteiger partial charge in [0.15, 0.2) is 0 Å². The van der Waals surface area contributed by atoms with Gasteiger partial charge in [-0.15, -0.1) is 0 Å². The van der Waals surface area contributed by atoms with E-state index in [0.29, 0.717) is 0 Å². The molecule has 164 valence electrons. The summed E-state index contributed by atoms with van der Waals surface area (Å²) in [6.07, 6.45) is 1.78. The molecule has 8 rings (SSSR count). The average molecular weight is 449 g/mol. The van der Waals surface area contributed by atoms with E-state index in [1.165, 1.54) is 49.3 Å². The van der Waals surface area contributed by atoms with Gasteiger partial charge in [-0.25, -0.2) is 0 Å². The van der Waals surface area contributed by atoms with Crippen molar-refractivity contribution in [3.63, 3.8) is 0 Å². The van der Waals surface area contributed by atoms with Gasteiger partial charge >= 0.3 is 0 Å². The maximum atomic E-state index is 5.73. The molecule has 0 amide bonds. The molecule has 3 nitrogen and oxygen atoms in total. The fraction of sp³-hybridized carbons (Fsp3) is 0. The molecule has 3 heterocycles. The molecule has 0 saturated heterocycles. The number of hydrogen-bond acceptors (Lipinski definition) is 1. The standard InChI is InChI=1S/C32H20N2O/c1-2-8-21(9-3-1)33-27-12-6-4-10-23(27)26-20-22(14-15-29(26)33)34-28-13-7-5-11-24(28)32-25-18-19-35-31(25)17-16-30(32)34/h1-20H. The largest absolute Gasteiger partial charge is 0.464 e. The number of fused-ring (bicyclic) bond motifs is 8. The van der Waals surface area contributed by atoms with Crippen LogP contribution >= 0.6 is 0 Å². The molecular formula is C32H20N2O. The van der Waals surface area contributed by atoms with E-state index in [4.69, 9.17) is 4.42 Å². The van der Waals surface area contributed by atoms with Crippen molar-refractivity contribution in [2.75, 3.05) is 0 Å². The van der Waals surface area contributed by atoms with Gasteiger partial charge in [-0.05, 0) is 60.7 Å². The zero-order valence-corrected chi connectivity index (χ0v) is 18.8. The highest BCUT2D eigenvalue weighted by Gasteiger charge is 2.17. The number of furan rings is 1. The van der Waals surface area contributed by atoms with Crippen molar-refractivity contribution in [3.8, 4) is 11.4 Å². The molecule has 0 aliphatic heterocycles. The molecule has 0 atom stereocenters. The monoisotopic (exact) mass is 448 g/mol. The molecule has 8 aromatic rings. The summed E-state index contributed by atoms with van der Waals surface area (Å²) in [5.74, 6) is 0. The van der Waals surface area contributed by atoms with Crippen molar-refractivity contribution in [2.45, 2.75) is 0 Å². The topological polar surface area (TPSA) is 23.0 Å². The SMILES string of the molecule is c1ccc(-n2c3ccccc3c3cc(-n4c5ccccc5c5c6ccoc6ccc54)ccc32)cc1. The van der Waals surface area contributed by atoms with Crippen LogP contribution in [0.25, 0.3) is 66.0 Å². The van der Waals surface area contributed by atoms with Gasteiger partial charge in [-0.1, -0.05) is 54.6 Å². The Bertz CT molecular complexity index is 2050. The van der Waals surface area contributed by atoms with E-state index in [1.54, 1.807) is 6.26 Å². The van der Waals surface area contributed by atoms with Crippen molar-refractivity contribution >= 4 is 54.6 Å². The van der Waals surface area contributed by atoms with E-state index in [1.807, 2.05) is 0 Å². The molecule has 0 aliphatic rings. The molecule has 0 aliphatic carbocycles. The lowest BCUT2D eigenvalue weighted by Gasteiger charge is -2.10. The summed E-state index contributed by atoms with van der Waals surface area (Å²) in [6.45, 7) is 0. The minimum atomic E-state index is 0.918. The van der Waals surface area contributed by atoms with Crippen molar-refractivity contribution in [1.82, 2.24) is 9.13 Å². The first-order valence-corrected chi connectivity index (χ1v) is 11.9. The smallest absolute Gasteiger partial charge is 0.134 e. The first kappa shape index (κ1) is 18.6. The van der Waals surface area contributed by atoms with Gasteiger partial charge in [-0.3, -0.25) is 0 Å². The zero-order valence-electron chi connectivity index (χ0n) is 18.8. The van der Waals surface area contributed by atoms with Crippen LogP contribution in [0.3, 0.4) is 0 Å². The van der Waals surface area contributed by atoms with Crippen LogP contribution < -0.4 is 0 Å². The molecule has 0 spiro atoms. The van der Waals surface area contributed by atoms with Crippen molar-refractivity contribution in [1.29, 1.82) is 0 Å². The number of benzene rings is 5. The lowest BCUT2D eigenvalue weighted by atomic mass is 10.1. The molecule has 0 saturated carbocycles. The minimum absolute atomic E-state index is 0.918. The van der Waals surface area contributed by atoms with Crippen LogP contribution in [0.1, 0.15) is 0 Å². The van der Waals surface area contributed by atoms with E-state index in [2.05, 4.69) is 124 Å². The van der Waals surface area contributed by atoms with Gasteiger partial charge in [0.05, 0.1) is 28.3 Å². The third-order valence-corrected chi connectivity index (χ3v) is 7.20. The number of nitrogens with zero attached hydrogens (tertiary/aromatic N) is 2. The van der Waals surface area contributed by atoms with Crippen LogP contribution in [0.5, 0.6) is 0 Å². The second-order valence-corrected chi connectivity index (χ2v) is 9.03. The predicted octanol–water partition coefficient (Wildman–Crippen LogP) is 8.63. The first-order valence-electron chi connectivity index (χ1n) is 11.9. The highest BCUT2D eigenvalue weighted by atomic mass is 16.3. The fourth-order valence-electron chi connectivity index (χ4n) is 5.75. The number of aromatic nitrogens is 2. The predicted molar refractivity (Wildman–Crippen MR) is 145 cm³/mol. The first-order chi connectivity index (χ1) is 17.4. The fourth-order valence-corrected chi connectivity index (χ4v) is 5.75. The Balaban J connectivity index is 1.49. The Kier molecular flexibility index (Phi) is 3.66. The van der Waals surface area contributed by atoms with Gasteiger partial charge in [-0.2, -0.15) is 0 Å². The van der Waals surface area contributed by atoms with Gasteiger partial charge in [0.1, 0.15) is 5.58 Å². The van der Waals surface area contributed by atoms with Crippen molar-refractivity contribution in [3.05, 3.63) is 122 Å². The maximum absolute atomic E-state index is 5.73. The number of rotatable bonds is 2. The Morgan fingerprint density at radius 3 is 1.94 bits per heavy atom. The van der Waals surface area contributed by atoms with E-state index < -0.39 is 0 Å². The van der Waals surface area contributed by atoms with Gasteiger partial charge < -0.3 is 13.6 Å². The summed E-state index contributed by atoms with van der Waals surface area (Å²) >= 11 is 0. The number of para-hydroxylation sites is 3. The summed E-state index contributed by atoms with van der Waals surface area (Å²) < 4.78 is 10.5. The molecule has 5 aromatic carbocycles. The molecule has 0 radical (unpaired) electrons.